The number of rotatable bonds is 13. The summed E-state index contributed by atoms with van der Waals surface area (Å²) in [7, 11) is 0. The van der Waals surface area contributed by atoms with Gasteiger partial charge >= 0.3 is 0 Å². The molecule has 7 heterocycles. The molecule has 28 heteroatoms. The van der Waals surface area contributed by atoms with Crippen molar-refractivity contribution < 1.29 is 138 Å². The Bertz CT molecular complexity index is 2210. The van der Waals surface area contributed by atoms with Gasteiger partial charge in [0.1, 0.15) is 116 Å². The van der Waals surface area contributed by atoms with Gasteiger partial charge in [-0.25, -0.2) is 0 Å². The highest BCUT2D eigenvalue weighted by molar-refractivity contribution is 5.87. The third-order valence-corrected chi connectivity index (χ3v) is 21.6. The van der Waals surface area contributed by atoms with Gasteiger partial charge in [0, 0.05) is 30.1 Å². The fourth-order valence-corrected chi connectivity index (χ4v) is 16.8. The number of carbonyl (C=O) groups is 1. The van der Waals surface area contributed by atoms with Crippen LogP contribution < -0.4 is 0 Å². The first-order valence-electron chi connectivity index (χ1n) is 29.7. The maximum Gasteiger partial charge on any atom is 0.187 e. The number of ether oxygens (including phenoxy) is 12. The molecular formula is C55H88O28. The Labute approximate surface area is 479 Å². The number of carbonyl (C=O) groups excluding carboxylic acids is 1. The summed E-state index contributed by atoms with van der Waals surface area (Å²) in [6, 6.07) is 0. The zero-order chi connectivity index (χ0) is 59.5. The minimum absolute atomic E-state index is 0.0140. The smallest absolute Gasteiger partial charge is 0.187 e. The number of Topliss-reactive ketones (excluding diaryl/α,β-unsaturated/α-hetero) is 1. The molecule has 4 saturated carbocycles. The van der Waals surface area contributed by atoms with Gasteiger partial charge in [0.15, 0.2) is 37.2 Å². The van der Waals surface area contributed by atoms with E-state index in [4.69, 9.17) is 56.8 Å². The number of ketones is 1. The molecule has 1 spiro atoms. The summed E-state index contributed by atoms with van der Waals surface area (Å²) >= 11 is 0. The molecule has 11 rings (SSSR count). The highest BCUT2D eigenvalue weighted by Gasteiger charge is 2.72. The van der Waals surface area contributed by atoms with Crippen LogP contribution in [0.5, 0.6) is 0 Å². The fraction of sp³-hybridized carbons (Fsp3) is 0.982. The van der Waals surface area contributed by atoms with Gasteiger partial charge in [0.2, 0.25) is 0 Å². The van der Waals surface area contributed by atoms with Gasteiger partial charge < -0.3 is 133 Å². The van der Waals surface area contributed by atoms with Crippen molar-refractivity contribution in [2.45, 2.75) is 244 Å². The number of aliphatic hydroxyl groups is 15. The predicted molar refractivity (Wildman–Crippen MR) is 271 cm³/mol. The van der Waals surface area contributed by atoms with Crippen molar-refractivity contribution in [3.8, 4) is 0 Å². The molecule has 0 aromatic carbocycles. The third kappa shape index (κ3) is 10.9. The van der Waals surface area contributed by atoms with Crippen LogP contribution in [0.2, 0.25) is 0 Å². The van der Waals surface area contributed by atoms with Crippen LogP contribution in [0.1, 0.15) is 79.1 Å². The van der Waals surface area contributed by atoms with Gasteiger partial charge in [-0.3, -0.25) is 4.79 Å². The van der Waals surface area contributed by atoms with E-state index < -0.39 is 203 Å². The Hall–Kier alpha value is -1.41. The zero-order valence-electron chi connectivity index (χ0n) is 47.0. The molecule has 0 bridgehead atoms. The third-order valence-electron chi connectivity index (χ3n) is 21.6. The van der Waals surface area contributed by atoms with Crippen LogP contribution in [-0.4, -0.2) is 287 Å². The van der Waals surface area contributed by atoms with Crippen molar-refractivity contribution in [3.05, 3.63) is 0 Å². The van der Waals surface area contributed by atoms with Gasteiger partial charge in [0.25, 0.3) is 0 Å². The van der Waals surface area contributed by atoms with Crippen LogP contribution in [0.4, 0.5) is 0 Å². The first-order valence-corrected chi connectivity index (χ1v) is 29.7. The zero-order valence-corrected chi connectivity index (χ0v) is 47.0. The molecule has 11 fully saturated rings. The minimum atomic E-state index is -2.15. The molecule has 0 amide bonds. The first-order chi connectivity index (χ1) is 39.4. The van der Waals surface area contributed by atoms with Crippen molar-refractivity contribution >= 4 is 5.78 Å². The molecule has 15 N–H and O–H groups in total. The summed E-state index contributed by atoms with van der Waals surface area (Å²) in [5, 5.41) is 165. The van der Waals surface area contributed by atoms with Crippen LogP contribution >= 0.6 is 0 Å². The average molecular weight is 1200 g/mol. The molecule has 11 aliphatic rings. The highest BCUT2D eigenvalue weighted by atomic mass is 16.8. The molecule has 36 atom stereocenters. The molecule has 36 unspecified atom stereocenters. The lowest BCUT2D eigenvalue weighted by molar-refractivity contribution is -0.408. The second kappa shape index (κ2) is 24.4. The number of aliphatic hydroxyl groups excluding tert-OH is 15. The Morgan fingerprint density at radius 2 is 1.08 bits per heavy atom. The van der Waals surface area contributed by atoms with Crippen LogP contribution in [0, 0.1) is 52.3 Å². The van der Waals surface area contributed by atoms with E-state index in [1.54, 1.807) is 0 Å². The number of hydrogen-bond acceptors (Lipinski definition) is 28. The molecule has 0 aromatic rings. The summed E-state index contributed by atoms with van der Waals surface area (Å²) in [5.74, 6) is 0.395. The molecular weight excluding hydrogens is 1110 g/mol. The topological polar surface area (TPSA) is 431 Å². The highest BCUT2D eigenvalue weighted by Crippen LogP contribution is 2.70. The maximum absolute atomic E-state index is 14.8. The van der Waals surface area contributed by atoms with Crippen molar-refractivity contribution in [1.29, 1.82) is 0 Å². The molecule has 476 valence electrons. The quantitative estimate of drug-likeness (QED) is 0.0765. The summed E-state index contributed by atoms with van der Waals surface area (Å²) in [6.45, 7) is 5.34. The summed E-state index contributed by atoms with van der Waals surface area (Å²) in [4.78, 5) is 14.8. The van der Waals surface area contributed by atoms with E-state index >= 15 is 0 Å². The van der Waals surface area contributed by atoms with E-state index in [1.807, 2.05) is 0 Å². The summed E-state index contributed by atoms with van der Waals surface area (Å²) in [5.41, 5.74) is -1.03. The maximum atomic E-state index is 14.8. The average Bonchev–Trinajstić information content (AvgIpc) is 1.62. The van der Waals surface area contributed by atoms with Crippen LogP contribution in [0.15, 0.2) is 0 Å². The number of hydrogen-bond donors (Lipinski definition) is 15. The van der Waals surface area contributed by atoms with Crippen molar-refractivity contribution in [2.24, 2.45) is 52.3 Å². The first kappa shape index (κ1) is 63.2. The van der Waals surface area contributed by atoms with E-state index in [-0.39, 0.29) is 53.8 Å². The molecule has 0 aromatic heterocycles. The lowest BCUT2D eigenvalue weighted by atomic mass is 9.43. The van der Waals surface area contributed by atoms with Crippen molar-refractivity contribution in [2.75, 3.05) is 39.6 Å². The Morgan fingerprint density at radius 3 is 1.70 bits per heavy atom. The van der Waals surface area contributed by atoms with Crippen LogP contribution in [0.25, 0.3) is 0 Å². The predicted octanol–water partition coefficient (Wildman–Crippen LogP) is -5.66. The van der Waals surface area contributed by atoms with Gasteiger partial charge in [0.05, 0.1) is 58.0 Å². The second-order valence-electron chi connectivity index (χ2n) is 26.3. The molecule has 0 radical (unpaired) electrons. The largest absolute Gasteiger partial charge is 0.394 e. The van der Waals surface area contributed by atoms with Gasteiger partial charge in [-0.2, -0.15) is 0 Å². The van der Waals surface area contributed by atoms with Crippen molar-refractivity contribution in [1.82, 2.24) is 0 Å². The monoisotopic (exact) mass is 1200 g/mol. The van der Waals surface area contributed by atoms with Crippen molar-refractivity contribution in [3.63, 3.8) is 0 Å². The van der Waals surface area contributed by atoms with Gasteiger partial charge in [-0.1, -0.05) is 27.7 Å². The number of fused-ring (bicyclic) bond motifs is 7. The SMILES string of the molecule is CC1CCC2(OC1)OC1CC3C4CCC5CC(OC6OC(CO)C(OC7OC(CO)C(O)C(OC8OCC(O)C(O)C8O)C7OC7OC(CO)C(O)C(OC8OCC(O)C(O)C8O)C7O)C(O)C6O)C(O)CC5(C)C4CC(=O)C3(C)C1C2C. The molecule has 7 aliphatic heterocycles. The molecule has 83 heavy (non-hydrogen) atoms. The molecule has 28 nitrogen and oxygen atoms in total. The molecule has 4 aliphatic carbocycles. The van der Waals surface area contributed by atoms with Gasteiger partial charge in [-0.05, 0) is 73.5 Å². The Morgan fingerprint density at radius 1 is 0.530 bits per heavy atom. The normalized spacial score (nSPS) is 57.4. The standard InChI is InChI=1S/C55H88O28/c1-19-7-8-55(74-16-19)20(2)34-29(83-55)10-24-22-6-5-21-9-28(25(59)12-53(21,3)23(22)11-33(62)54(24,34)4)75-50-42(70)39(67)44(32(15-58)78-50)79-52-47(46(38(66)31(14-57)77-52)81-49-41(69)36(64)27(61)18-73-49)82-51-43(71)45(37(65)30(13-56)76-51)80-48-40(68)35(63)26(60)17-72-48/h19-32,34-52,56-61,63-71H,5-18H2,1-4H3. The molecule has 7 saturated heterocycles. The van der Waals surface area contributed by atoms with Crippen LogP contribution in [0.3, 0.4) is 0 Å². The van der Waals surface area contributed by atoms with Crippen LogP contribution in [-0.2, 0) is 61.6 Å². The van der Waals surface area contributed by atoms with E-state index in [2.05, 4.69) is 27.7 Å². The minimum Gasteiger partial charge on any atom is -0.394 e. The summed E-state index contributed by atoms with van der Waals surface area (Å²) in [6.07, 6.45) is -39.6. The fourth-order valence-electron chi connectivity index (χ4n) is 16.8. The summed E-state index contributed by atoms with van der Waals surface area (Å²) < 4.78 is 72.6. The second-order valence-corrected chi connectivity index (χ2v) is 26.3. The van der Waals surface area contributed by atoms with E-state index in [0.29, 0.717) is 25.4 Å². The Balaban J connectivity index is 0.795. The Kier molecular flexibility index (Phi) is 18.6. The van der Waals surface area contributed by atoms with E-state index in [1.165, 1.54) is 0 Å². The van der Waals surface area contributed by atoms with Gasteiger partial charge in [-0.15, -0.1) is 0 Å². The lowest BCUT2D eigenvalue weighted by Crippen LogP contribution is -2.69. The van der Waals surface area contributed by atoms with E-state index in [0.717, 1.165) is 32.1 Å². The van der Waals surface area contributed by atoms with E-state index in [9.17, 15) is 81.4 Å². The lowest BCUT2D eigenvalue weighted by Gasteiger charge is -2.61.